The number of carbonyl (C=O) groups excluding carboxylic acids is 1. The summed E-state index contributed by atoms with van der Waals surface area (Å²) in [4.78, 5) is 24.0. The number of aliphatic carboxylic acids is 1. The van der Waals surface area contributed by atoms with Gasteiger partial charge in [-0.1, -0.05) is 12.8 Å². The standard InChI is InChI=1S/C15H25NO5/c1-14(20)15(9-5-3-6-10-15)21-13(19)16(14)11-7-2-4-8-12(17)18/h20H,2-11H2,1H3,(H,17,18). The van der Waals surface area contributed by atoms with E-state index >= 15 is 0 Å². The van der Waals surface area contributed by atoms with Crippen molar-refractivity contribution in [1.82, 2.24) is 4.90 Å². The first-order valence-electron chi connectivity index (χ1n) is 7.84. The second-order valence-corrected chi connectivity index (χ2v) is 6.30. The summed E-state index contributed by atoms with van der Waals surface area (Å²) in [5.41, 5.74) is -2.03. The summed E-state index contributed by atoms with van der Waals surface area (Å²) in [6.07, 6.45) is 6.16. The van der Waals surface area contributed by atoms with E-state index in [1.54, 1.807) is 6.92 Å². The van der Waals surface area contributed by atoms with E-state index in [0.29, 0.717) is 32.2 Å². The number of aliphatic hydroxyl groups is 1. The van der Waals surface area contributed by atoms with Crippen molar-refractivity contribution in [3.8, 4) is 0 Å². The van der Waals surface area contributed by atoms with Crippen molar-refractivity contribution in [3.63, 3.8) is 0 Å². The van der Waals surface area contributed by atoms with Crippen LogP contribution < -0.4 is 0 Å². The lowest BCUT2D eigenvalue weighted by atomic mass is 9.77. The predicted molar refractivity (Wildman–Crippen MR) is 75.7 cm³/mol. The molecule has 0 aromatic heterocycles. The molecule has 1 heterocycles. The average molecular weight is 299 g/mol. The van der Waals surface area contributed by atoms with Crippen LogP contribution in [0.4, 0.5) is 4.79 Å². The number of carboxylic acid groups (broad SMARTS) is 1. The summed E-state index contributed by atoms with van der Waals surface area (Å²) in [7, 11) is 0. The first-order chi connectivity index (χ1) is 9.89. The molecule has 0 bridgehead atoms. The van der Waals surface area contributed by atoms with Crippen molar-refractivity contribution in [2.24, 2.45) is 0 Å². The van der Waals surface area contributed by atoms with Crippen molar-refractivity contribution < 1.29 is 24.5 Å². The molecule has 1 atom stereocenters. The number of amides is 1. The molecular weight excluding hydrogens is 274 g/mol. The first kappa shape index (κ1) is 16.1. The third-order valence-corrected chi connectivity index (χ3v) is 4.83. The topological polar surface area (TPSA) is 87.1 Å². The zero-order valence-corrected chi connectivity index (χ0v) is 12.6. The fraction of sp³-hybridized carbons (Fsp3) is 0.867. The summed E-state index contributed by atoms with van der Waals surface area (Å²) in [6.45, 7) is 2.08. The van der Waals surface area contributed by atoms with Gasteiger partial charge < -0.3 is 14.9 Å². The van der Waals surface area contributed by atoms with Crippen LogP contribution in [0.1, 0.15) is 64.7 Å². The molecule has 6 nitrogen and oxygen atoms in total. The molecule has 1 aliphatic heterocycles. The highest BCUT2D eigenvalue weighted by Crippen LogP contribution is 2.46. The van der Waals surface area contributed by atoms with Crippen molar-refractivity contribution >= 4 is 12.1 Å². The van der Waals surface area contributed by atoms with Gasteiger partial charge in [-0.2, -0.15) is 0 Å². The molecule has 0 radical (unpaired) electrons. The maximum absolute atomic E-state index is 12.1. The Balaban J connectivity index is 1.90. The molecule has 0 aromatic rings. The fourth-order valence-corrected chi connectivity index (χ4v) is 3.47. The van der Waals surface area contributed by atoms with Crippen molar-refractivity contribution in [3.05, 3.63) is 0 Å². The van der Waals surface area contributed by atoms with Gasteiger partial charge in [0, 0.05) is 13.0 Å². The van der Waals surface area contributed by atoms with Crippen LogP contribution in [0.25, 0.3) is 0 Å². The number of nitrogens with zero attached hydrogens (tertiary/aromatic N) is 1. The molecule has 21 heavy (non-hydrogen) atoms. The number of carbonyl (C=O) groups is 2. The molecule has 0 aromatic carbocycles. The van der Waals surface area contributed by atoms with E-state index in [4.69, 9.17) is 9.84 Å². The molecule has 2 N–H and O–H groups in total. The summed E-state index contributed by atoms with van der Waals surface area (Å²) in [6, 6.07) is 0. The lowest BCUT2D eigenvalue weighted by Crippen LogP contribution is -2.57. The maximum atomic E-state index is 12.1. The Morgan fingerprint density at radius 2 is 1.90 bits per heavy atom. The van der Waals surface area contributed by atoms with Crippen LogP contribution in [-0.2, 0) is 9.53 Å². The molecule has 2 rings (SSSR count). The van der Waals surface area contributed by atoms with E-state index < -0.39 is 23.4 Å². The minimum atomic E-state index is -1.27. The van der Waals surface area contributed by atoms with Crippen LogP contribution in [0.5, 0.6) is 0 Å². The summed E-state index contributed by atoms with van der Waals surface area (Å²) in [5, 5.41) is 19.4. The molecule has 6 heteroatoms. The number of unbranched alkanes of at least 4 members (excludes halogenated alkanes) is 2. The van der Waals surface area contributed by atoms with E-state index in [1.807, 2.05) is 0 Å². The predicted octanol–water partition coefficient (Wildman–Crippen LogP) is 2.50. The third kappa shape index (κ3) is 3.15. The zero-order valence-electron chi connectivity index (χ0n) is 12.6. The van der Waals surface area contributed by atoms with Crippen molar-refractivity contribution in [2.75, 3.05) is 6.54 Å². The molecule has 2 fully saturated rings. The van der Waals surface area contributed by atoms with E-state index in [9.17, 15) is 14.7 Å². The second kappa shape index (κ2) is 6.22. The highest BCUT2D eigenvalue weighted by atomic mass is 16.6. The molecule has 2 aliphatic rings. The summed E-state index contributed by atoms with van der Waals surface area (Å²) in [5.74, 6) is -0.802. The summed E-state index contributed by atoms with van der Waals surface area (Å²) < 4.78 is 5.56. The molecule has 1 aliphatic carbocycles. The third-order valence-electron chi connectivity index (χ3n) is 4.83. The Labute approximate surface area is 125 Å². The lowest BCUT2D eigenvalue weighted by Gasteiger charge is -2.42. The van der Waals surface area contributed by atoms with Crippen LogP contribution >= 0.6 is 0 Å². The van der Waals surface area contributed by atoms with Crippen LogP contribution in [0.3, 0.4) is 0 Å². The molecule has 1 unspecified atom stereocenters. The van der Waals surface area contributed by atoms with Gasteiger partial charge in [-0.05, 0) is 45.4 Å². The van der Waals surface area contributed by atoms with Gasteiger partial charge in [-0.3, -0.25) is 9.69 Å². The van der Waals surface area contributed by atoms with Crippen LogP contribution in [0.15, 0.2) is 0 Å². The highest BCUT2D eigenvalue weighted by molar-refractivity contribution is 5.72. The molecule has 1 spiro atoms. The quantitative estimate of drug-likeness (QED) is 0.736. The molecule has 1 saturated carbocycles. The van der Waals surface area contributed by atoms with Gasteiger partial charge in [0.05, 0.1) is 0 Å². The number of rotatable bonds is 6. The van der Waals surface area contributed by atoms with Gasteiger partial charge in [0.15, 0.2) is 11.3 Å². The Morgan fingerprint density at radius 1 is 1.24 bits per heavy atom. The van der Waals surface area contributed by atoms with Gasteiger partial charge in [0.1, 0.15) is 0 Å². The van der Waals surface area contributed by atoms with E-state index in [0.717, 1.165) is 25.7 Å². The van der Waals surface area contributed by atoms with E-state index in [2.05, 4.69) is 0 Å². The Kier molecular flexibility index (Phi) is 4.76. The van der Waals surface area contributed by atoms with E-state index in [-0.39, 0.29) is 6.42 Å². The van der Waals surface area contributed by atoms with Gasteiger partial charge in [0.2, 0.25) is 0 Å². The van der Waals surface area contributed by atoms with Crippen LogP contribution in [-0.4, -0.2) is 45.0 Å². The molecule has 1 saturated heterocycles. The zero-order chi connectivity index (χ0) is 15.5. The monoisotopic (exact) mass is 299 g/mol. The first-order valence-corrected chi connectivity index (χ1v) is 7.84. The van der Waals surface area contributed by atoms with Gasteiger partial charge >= 0.3 is 12.1 Å². The fourth-order valence-electron chi connectivity index (χ4n) is 3.47. The number of hydrogen-bond acceptors (Lipinski definition) is 4. The number of hydrogen-bond donors (Lipinski definition) is 2. The minimum absolute atomic E-state index is 0.144. The smallest absolute Gasteiger partial charge is 0.412 e. The van der Waals surface area contributed by atoms with E-state index in [1.165, 1.54) is 4.90 Å². The Bertz CT molecular complexity index is 401. The maximum Gasteiger partial charge on any atom is 0.412 e. The van der Waals surface area contributed by atoms with Gasteiger partial charge in [0.25, 0.3) is 0 Å². The Hall–Kier alpha value is -1.30. The lowest BCUT2D eigenvalue weighted by molar-refractivity contribution is -0.158. The normalized spacial score (nSPS) is 27.9. The molecular formula is C15H25NO5. The largest absolute Gasteiger partial charge is 0.481 e. The average Bonchev–Trinajstić information content (AvgIpc) is 2.58. The van der Waals surface area contributed by atoms with Crippen molar-refractivity contribution in [1.29, 1.82) is 0 Å². The number of ether oxygens (including phenoxy) is 1. The van der Waals surface area contributed by atoms with Gasteiger partial charge in [-0.25, -0.2) is 4.79 Å². The van der Waals surface area contributed by atoms with Crippen LogP contribution in [0, 0.1) is 0 Å². The SMILES string of the molecule is CC1(O)N(CCCCCC(=O)O)C(=O)OC12CCCCC2. The highest BCUT2D eigenvalue weighted by Gasteiger charge is 2.61. The number of carboxylic acids is 1. The van der Waals surface area contributed by atoms with Crippen molar-refractivity contribution in [2.45, 2.75) is 76.0 Å². The molecule has 120 valence electrons. The summed E-state index contributed by atoms with van der Waals surface area (Å²) >= 11 is 0. The Morgan fingerprint density at radius 3 is 2.52 bits per heavy atom. The minimum Gasteiger partial charge on any atom is -0.481 e. The second-order valence-electron chi connectivity index (χ2n) is 6.30. The van der Waals surface area contributed by atoms with Gasteiger partial charge in [-0.15, -0.1) is 0 Å². The van der Waals surface area contributed by atoms with Crippen LogP contribution in [0.2, 0.25) is 0 Å². The molecule has 1 amide bonds.